The van der Waals surface area contributed by atoms with Crippen LogP contribution in [0.3, 0.4) is 0 Å². The maximum absolute atomic E-state index is 12.2. The third kappa shape index (κ3) is 3.16. The fourth-order valence-electron chi connectivity index (χ4n) is 2.30. The number of aliphatic hydroxyl groups is 1. The van der Waals surface area contributed by atoms with Gasteiger partial charge in [-0.3, -0.25) is 4.79 Å². The van der Waals surface area contributed by atoms with Gasteiger partial charge in [0.05, 0.1) is 22.2 Å². The first kappa shape index (κ1) is 14.7. The molecule has 2 aromatic carbocycles. The molecule has 1 heterocycles. The fraction of sp³-hybridized carbons (Fsp3) is 0.176. The van der Waals surface area contributed by atoms with Gasteiger partial charge >= 0.3 is 0 Å². The summed E-state index contributed by atoms with van der Waals surface area (Å²) in [5, 5.41) is 13.8. The molecule has 3 aromatic rings. The molecular weight excluding hydrogens is 296 g/mol. The molecule has 5 heteroatoms. The van der Waals surface area contributed by atoms with Crippen LogP contribution in [0.4, 0.5) is 5.13 Å². The molecule has 4 nitrogen and oxygen atoms in total. The van der Waals surface area contributed by atoms with Crippen LogP contribution in [0.2, 0.25) is 0 Å². The van der Waals surface area contributed by atoms with Crippen LogP contribution in [0.25, 0.3) is 10.2 Å². The number of benzene rings is 2. The summed E-state index contributed by atoms with van der Waals surface area (Å²) in [5.41, 5.74) is 0.370. The van der Waals surface area contributed by atoms with Gasteiger partial charge in [-0.05, 0) is 24.6 Å². The third-order valence-corrected chi connectivity index (χ3v) is 4.39. The van der Waals surface area contributed by atoms with Gasteiger partial charge in [0.1, 0.15) is 0 Å². The van der Waals surface area contributed by atoms with Crippen LogP contribution in [0.1, 0.15) is 18.9 Å². The summed E-state index contributed by atoms with van der Waals surface area (Å²) in [7, 11) is 0. The summed E-state index contributed by atoms with van der Waals surface area (Å²) in [6, 6.07) is 16.9. The average Bonchev–Trinajstić information content (AvgIpc) is 2.89. The van der Waals surface area contributed by atoms with Gasteiger partial charge in [0.15, 0.2) is 5.13 Å². The number of anilines is 1. The normalized spacial score (nSPS) is 13.7. The molecule has 0 aliphatic carbocycles. The molecule has 0 saturated carbocycles. The summed E-state index contributed by atoms with van der Waals surface area (Å²) in [5.74, 6) is -0.257. The predicted octanol–water partition coefficient (Wildman–Crippen LogP) is 3.53. The smallest absolute Gasteiger partial charge is 0.229 e. The first-order valence-electron chi connectivity index (χ1n) is 6.98. The minimum atomic E-state index is -1.21. The van der Waals surface area contributed by atoms with Crippen molar-refractivity contribution in [2.24, 2.45) is 0 Å². The largest absolute Gasteiger partial charge is 0.385 e. The van der Waals surface area contributed by atoms with Crippen molar-refractivity contribution in [3.8, 4) is 0 Å². The Morgan fingerprint density at radius 1 is 1.18 bits per heavy atom. The molecule has 1 aromatic heterocycles. The van der Waals surface area contributed by atoms with Crippen molar-refractivity contribution in [2.45, 2.75) is 18.9 Å². The van der Waals surface area contributed by atoms with Gasteiger partial charge in [0.25, 0.3) is 0 Å². The van der Waals surface area contributed by atoms with E-state index in [1.54, 1.807) is 6.92 Å². The Morgan fingerprint density at radius 3 is 2.59 bits per heavy atom. The topological polar surface area (TPSA) is 62.2 Å². The molecule has 22 heavy (non-hydrogen) atoms. The van der Waals surface area contributed by atoms with Gasteiger partial charge in [-0.2, -0.15) is 0 Å². The fourth-order valence-corrected chi connectivity index (χ4v) is 3.18. The number of carbonyl (C=O) groups excluding carboxylic acids is 1. The first-order valence-corrected chi connectivity index (χ1v) is 7.79. The Kier molecular flexibility index (Phi) is 3.92. The van der Waals surface area contributed by atoms with E-state index in [1.165, 1.54) is 11.3 Å². The lowest BCUT2D eigenvalue weighted by Gasteiger charge is -2.22. The van der Waals surface area contributed by atoms with Crippen molar-refractivity contribution in [3.63, 3.8) is 0 Å². The van der Waals surface area contributed by atoms with Gasteiger partial charge < -0.3 is 10.4 Å². The van der Waals surface area contributed by atoms with E-state index in [-0.39, 0.29) is 12.3 Å². The molecule has 0 saturated heterocycles. The van der Waals surface area contributed by atoms with Gasteiger partial charge in [0.2, 0.25) is 5.91 Å². The van der Waals surface area contributed by atoms with Crippen molar-refractivity contribution < 1.29 is 9.90 Å². The molecule has 0 aliphatic rings. The van der Waals surface area contributed by atoms with E-state index in [2.05, 4.69) is 10.3 Å². The van der Waals surface area contributed by atoms with Crippen LogP contribution in [0.5, 0.6) is 0 Å². The molecule has 0 fully saturated rings. The number of nitrogens with one attached hydrogen (secondary N) is 1. The molecule has 0 aliphatic heterocycles. The van der Waals surface area contributed by atoms with Crippen LogP contribution >= 0.6 is 11.3 Å². The summed E-state index contributed by atoms with van der Waals surface area (Å²) < 4.78 is 1.02. The number of para-hydroxylation sites is 1. The highest BCUT2D eigenvalue weighted by atomic mass is 32.1. The highest BCUT2D eigenvalue weighted by molar-refractivity contribution is 7.22. The molecule has 1 unspecified atom stereocenters. The number of amides is 1. The first-order chi connectivity index (χ1) is 10.5. The van der Waals surface area contributed by atoms with E-state index in [9.17, 15) is 9.90 Å². The monoisotopic (exact) mass is 312 g/mol. The molecule has 2 N–H and O–H groups in total. The minimum absolute atomic E-state index is 0.0209. The van der Waals surface area contributed by atoms with E-state index in [1.807, 2.05) is 54.6 Å². The highest BCUT2D eigenvalue weighted by Crippen LogP contribution is 2.28. The van der Waals surface area contributed by atoms with Crippen LogP contribution in [0.15, 0.2) is 54.6 Å². The SMILES string of the molecule is CC(O)(CC(=O)Nc1nc2ccccc2s1)c1ccccc1. The number of hydrogen-bond acceptors (Lipinski definition) is 4. The molecule has 0 bridgehead atoms. The lowest BCUT2D eigenvalue weighted by molar-refractivity contribution is -0.120. The molecule has 3 rings (SSSR count). The predicted molar refractivity (Wildman–Crippen MR) is 88.9 cm³/mol. The maximum atomic E-state index is 12.2. The zero-order valence-electron chi connectivity index (χ0n) is 12.1. The van der Waals surface area contributed by atoms with Crippen LogP contribution < -0.4 is 5.32 Å². The zero-order chi connectivity index (χ0) is 15.6. The number of thiazole rings is 1. The quantitative estimate of drug-likeness (QED) is 0.774. The van der Waals surface area contributed by atoms with Crippen LogP contribution in [0, 0.1) is 0 Å². The second kappa shape index (κ2) is 5.87. The van der Waals surface area contributed by atoms with E-state index in [0.717, 1.165) is 15.8 Å². The number of nitrogens with zero attached hydrogens (tertiary/aromatic N) is 1. The Balaban J connectivity index is 1.72. The number of hydrogen-bond donors (Lipinski definition) is 2. The van der Waals surface area contributed by atoms with Gasteiger partial charge in [-0.25, -0.2) is 4.98 Å². The van der Waals surface area contributed by atoms with Crippen LogP contribution in [-0.2, 0) is 10.4 Å². The van der Waals surface area contributed by atoms with E-state index >= 15 is 0 Å². The van der Waals surface area contributed by atoms with Gasteiger partial charge in [-0.1, -0.05) is 53.8 Å². The standard InChI is InChI=1S/C17H16N2O2S/c1-17(21,12-7-3-2-4-8-12)11-15(20)19-16-18-13-9-5-6-10-14(13)22-16/h2-10,21H,11H2,1H3,(H,18,19,20). The van der Waals surface area contributed by atoms with Crippen molar-refractivity contribution >= 4 is 32.6 Å². The molecule has 0 spiro atoms. The number of carbonyl (C=O) groups is 1. The second-order valence-electron chi connectivity index (χ2n) is 5.35. The lowest BCUT2D eigenvalue weighted by atomic mass is 9.92. The summed E-state index contributed by atoms with van der Waals surface area (Å²) in [6.45, 7) is 1.64. The van der Waals surface area contributed by atoms with E-state index < -0.39 is 5.60 Å². The number of rotatable bonds is 4. The maximum Gasteiger partial charge on any atom is 0.229 e. The number of aromatic nitrogens is 1. The number of fused-ring (bicyclic) bond motifs is 1. The van der Waals surface area contributed by atoms with Gasteiger partial charge in [-0.15, -0.1) is 0 Å². The van der Waals surface area contributed by atoms with Crippen molar-refractivity contribution in [1.82, 2.24) is 4.98 Å². The van der Waals surface area contributed by atoms with Crippen molar-refractivity contribution in [3.05, 3.63) is 60.2 Å². The van der Waals surface area contributed by atoms with Crippen molar-refractivity contribution in [2.75, 3.05) is 5.32 Å². The zero-order valence-corrected chi connectivity index (χ0v) is 12.9. The van der Waals surface area contributed by atoms with Crippen molar-refractivity contribution in [1.29, 1.82) is 0 Å². The summed E-state index contributed by atoms with van der Waals surface area (Å²) >= 11 is 1.42. The second-order valence-corrected chi connectivity index (χ2v) is 6.38. The van der Waals surface area contributed by atoms with E-state index in [0.29, 0.717) is 5.13 Å². The molecule has 112 valence electrons. The lowest BCUT2D eigenvalue weighted by Crippen LogP contribution is -2.28. The minimum Gasteiger partial charge on any atom is -0.385 e. The Labute approximate surface area is 132 Å². The summed E-state index contributed by atoms with van der Waals surface area (Å²) in [4.78, 5) is 16.5. The molecule has 1 amide bonds. The molecular formula is C17H16N2O2S. The highest BCUT2D eigenvalue weighted by Gasteiger charge is 2.26. The molecule has 1 atom stereocenters. The Hall–Kier alpha value is -2.24. The summed E-state index contributed by atoms with van der Waals surface area (Å²) in [6.07, 6.45) is -0.0209. The van der Waals surface area contributed by atoms with Gasteiger partial charge in [0, 0.05) is 0 Å². The Bertz CT molecular complexity index is 764. The molecule has 0 radical (unpaired) electrons. The third-order valence-electron chi connectivity index (χ3n) is 3.44. The van der Waals surface area contributed by atoms with Crippen LogP contribution in [-0.4, -0.2) is 16.0 Å². The average molecular weight is 312 g/mol. The Morgan fingerprint density at radius 2 is 1.86 bits per heavy atom. The van der Waals surface area contributed by atoms with E-state index in [4.69, 9.17) is 0 Å².